The van der Waals surface area contributed by atoms with Gasteiger partial charge in [0.2, 0.25) is 0 Å². The highest BCUT2D eigenvalue weighted by Crippen LogP contribution is 2.30. The van der Waals surface area contributed by atoms with Crippen molar-refractivity contribution < 1.29 is 5.11 Å². The van der Waals surface area contributed by atoms with Gasteiger partial charge in [-0.3, -0.25) is 0 Å². The maximum atomic E-state index is 9.06. The minimum Gasteiger partial charge on any atom is -0.396 e. The molecule has 0 aliphatic heterocycles. The standard InChI is InChI=1S/C12H23NO/c14-9-8-12(13-11-6-7-11)10-4-2-1-3-5-10/h10-14H,1-9H2. The molecule has 2 rings (SSSR count). The van der Waals surface area contributed by atoms with E-state index in [1.54, 1.807) is 0 Å². The van der Waals surface area contributed by atoms with Crippen LogP contribution in [0.3, 0.4) is 0 Å². The first-order valence-electron chi connectivity index (χ1n) is 6.27. The van der Waals surface area contributed by atoms with Crippen LogP contribution >= 0.6 is 0 Å². The Kier molecular flexibility index (Phi) is 3.82. The number of nitrogens with one attached hydrogen (secondary N) is 1. The molecule has 1 unspecified atom stereocenters. The lowest BCUT2D eigenvalue weighted by Crippen LogP contribution is -2.39. The lowest BCUT2D eigenvalue weighted by molar-refractivity contribution is 0.205. The Balaban J connectivity index is 1.79. The molecule has 2 nitrogen and oxygen atoms in total. The van der Waals surface area contributed by atoms with E-state index >= 15 is 0 Å². The molecule has 0 bridgehead atoms. The average Bonchev–Trinajstić information content (AvgIpc) is 3.03. The van der Waals surface area contributed by atoms with E-state index in [9.17, 15) is 0 Å². The molecule has 0 saturated heterocycles. The van der Waals surface area contributed by atoms with E-state index in [1.807, 2.05) is 0 Å². The molecule has 0 radical (unpaired) electrons. The van der Waals surface area contributed by atoms with Crippen molar-refractivity contribution in [1.82, 2.24) is 5.32 Å². The summed E-state index contributed by atoms with van der Waals surface area (Å²) in [6.07, 6.45) is 10.7. The second-order valence-electron chi connectivity index (χ2n) is 4.96. The Morgan fingerprint density at radius 2 is 1.79 bits per heavy atom. The Labute approximate surface area is 87.1 Å². The fourth-order valence-electron chi connectivity index (χ4n) is 2.68. The maximum Gasteiger partial charge on any atom is 0.0445 e. The van der Waals surface area contributed by atoms with E-state index in [4.69, 9.17) is 5.11 Å². The van der Waals surface area contributed by atoms with Crippen molar-refractivity contribution >= 4 is 0 Å². The molecule has 14 heavy (non-hydrogen) atoms. The first kappa shape index (κ1) is 10.4. The SMILES string of the molecule is OCCC(NC1CC1)C1CCCCC1. The minimum atomic E-state index is 0.348. The molecular formula is C12H23NO. The zero-order valence-electron chi connectivity index (χ0n) is 9.04. The van der Waals surface area contributed by atoms with Gasteiger partial charge >= 0.3 is 0 Å². The quantitative estimate of drug-likeness (QED) is 0.707. The first-order valence-corrected chi connectivity index (χ1v) is 6.27. The highest BCUT2D eigenvalue weighted by Gasteiger charge is 2.29. The molecule has 82 valence electrons. The van der Waals surface area contributed by atoms with Crippen LogP contribution in [0.25, 0.3) is 0 Å². The predicted octanol–water partition coefficient (Wildman–Crippen LogP) is 2.07. The minimum absolute atomic E-state index is 0.348. The van der Waals surface area contributed by atoms with Crippen molar-refractivity contribution in [2.75, 3.05) is 6.61 Å². The van der Waals surface area contributed by atoms with Crippen molar-refractivity contribution in [3.8, 4) is 0 Å². The summed E-state index contributed by atoms with van der Waals surface area (Å²) in [5.41, 5.74) is 0. The Bertz CT molecular complexity index is 162. The third-order valence-electron chi connectivity index (χ3n) is 3.69. The summed E-state index contributed by atoms with van der Waals surface area (Å²) in [6.45, 7) is 0.348. The average molecular weight is 197 g/mol. The van der Waals surface area contributed by atoms with Crippen LogP contribution in [0.5, 0.6) is 0 Å². The molecule has 2 aliphatic rings. The van der Waals surface area contributed by atoms with Crippen molar-refractivity contribution in [3.05, 3.63) is 0 Å². The summed E-state index contributed by atoms with van der Waals surface area (Å²) >= 11 is 0. The third-order valence-corrected chi connectivity index (χ3v) is 3.69. The molecule has 0 aromatic heterocycles. The van der Waals surface area contributed by atoms with Gasteiger partial charge in [0, 0.05) is 18.7 Å². The molecule has 1 atom stereocenters. The number of hydrogen-bond acceptors (Lipinski definition) is 2. The van der Waals surface area contributed by atoms with E-state index in [0.717, 1.165) is 18.4 Å². The van der Waals surface area contributed by atoms with Gasteiger partial charge in [0.1, 0.15) is 0 Å². The second kappa shape index (κ2) is 5.13. The van der Waals surface area contributed by atoms with Gasteiger partial charge in [-0.15, -0.1) is 0 Å². The van der Waals surface area contributed by atoms with Gasteiger partial charge in [0.15, 0.2) is 0 Å². The number of rotatable bonds is 5. The lowest BCUT2D eigenvalue weighted by Gasteiger charge is -2.30. The van der Waals surface area contributed by atoms with Gasteiger partial charge in [-0.1, -0.05) is 19.3 Å². The Morgan fingerprint density at radius 1 is 1.07 bits per heavy atom. The van der Waals surface area contributed by atoms with Crippen LogP contribution in [0.2, 0.25) is 0 Å². The molecule has 0 heterocycles. The molecule has 2 saturated carbocycles. The van der Waals surface area contributed by atoms with E-state index in [0.29, 0.717) is 12.6 Å². The maximum absolute atomic E-state index is 9.06. The van der Waals surface area contributed by atoms with Crippen LogP contribution in [0.15, 0.2) is 0 Å². The van der Waals surface area contributed by atoms with Crippen molar-refractivity contribution in [3.63, 3.8) is 0 Å². The van der Waals surface area contributed by atoms with Gasteiger partial charge < -0.3 is 10.4 Å². The topological polar surface area (TPSA) is 32.3 Å². The first-order chi connectivity index (χ1) is 6.90. The van der Waals surface area contributed by atoms with Gasteiger partial charge in [0.25, 0.3) is 0 Å². The van der Waals surface area contributed by atoms with Crippen LogP contribution in [-0.4, -0.2) is 23.8 Å². The summed E-state index contributed by atoms with van der Waals surface area (Å²) in [7, 11) is 0. The number of aliphatic hydroxyl groups is 1. The van der Waals surface area contributed by atoms with Gasteiger partial charge in [-0.2, -0.15) is 0 Å². The molecule has 0 aromatic carbocycles. The lowest BCUT2D eigenvalue weighted by atomic mass is 9.82. The summed E-state index contributed by atoms with van der Waals surface area (Å²) in [5.74, 6) is 0.844. The molecule has 0 spiro atoms. The highest BCUT2D eigenvalue weighted by atomic mass is 16.3. The van der Waals surface area contributed by atoms with Gasteiger partial charge in [-0.25, -0.2) is 0 Å². The van der Waals surface area contributed by atoms with Crippen LogP contribution in [0, 0.1) is 5.92 Å². The fourth-order valence-corrected chi connectivity index (χ4v) is 2.68. The summed E-state index contributed by atoms with van der Waals surface area (Å²) in [5, 5.41) is 12.8. The van der Waals surface area contributed by atoms with Crippen molar-refractivity contribution in [2.24, 2.45) is 5.92 Å². The van der Waals surface area contributed by atoms with Crippen LogP contribution in [0.1, 0.15) is 51.4 Å². The smallest absolute Gasteiger partial charge is 0.0445 e. The Morgan fingerprint density at radius 3 is 2.36 bits per heavy atom. The van der Waals surface area contributed by atoms with Gasteiger partial charge in [-0.05, 0) is 38.0 Å². The van der Waals surface area contributed by atoms with E-state index in [2.05, 4.69) is 5.32 Å². The molecule has 2 fully saturated rings. The normalized spacial score (nSPS) is 26.4. The molecule has 0 aromatic rings. The van der Waals surface area contributed by atoms with Crippen LogP contribution in [-0.2, 0) is 0 Å². The third kappa shape index (κ3) is 2.96. The highest BCUT2D eigenvalue weighted by molar-refractivity contribution is 4.88. The summed E-state index contributed by atoms with van der Waals surface area (Å²) in [6, 6.07) is 1.39. The monoisotopic (exact) mass is 197 g/mol. The van der Waals surface area contributed by atoms with Crippen molar-refractivity contribution in [2.45, 2.75) is 63.5 Å². The van der Waals surface area contributed by atoms with E-state index in [-0.39, 0.29) is 0 Å². The Hall–Kier alpha value is -0.0800. The van der Waals surface area contributed by atoms with Crippen molar-refractivity contribution in [1.29, 1.82) is 0 Å². The molecule has 2 heteroatoms. The van der Waals surface area contributed by atoms with E-state index in [1.165, 1.54) is 44.9 Å². The number of hydrogen-bond donors (Lipinski definition) is 2. The summed E-state index contributed by atoms with van der Waals surface area (Å²) in [4.78, 5) is 0. The number of aliphatic hydroxyl groups excluding tert-OH is 1. The largest absolute Gasteiger partial charge is 0.396 e. The van der Waals surface area contributed by atoms with Crippen LogP contribution in [0.4, 0.5) is 0 Å². The summed E-state index contributed by atoms with van der Waals surface area (Å²) < 4.78 is 0. The van der Waals surface area contributed by atoms with E-state index < -0.39 is 0 Å². The second-order valence-corrected chi connectivity index (χ2v) is 4.96. The predicted molar refractivity (Wildman–Crippen MR) is 58.2 cm³/mol. The molecule has 0 amide bonds. The zero-order valence-corrected chi connectivity index (χ0v) is 9.04. The molecule has 2 aliphatic carbocycles. The van der Waals surface area contributed by atoms with Gasteiger partial charge in [0.05, 0.1) is 0 Å². The molecule has 2 N–H and O–H groups in total. The zero-order chi connectivity index (χ0) is 9.80. The van der Waals surface area contributed by atoms with Crippen LogP contribution < -0.4 is 5.32 Å². The molecular weight excluding hydrogens is 174 g/mol. The fraction of sp³-hybridized carbons (Fsp3) is 1.00.